The lowest BCUT2D eigenvalue weighted by Crippen LogP contribution is -1.84. The van der Waals surface area contributed by atoms with Crippen molar-refractivity contribution in [2.45, 2.75) is 0 Å². The Morgan fingerprint density at radius 2 is 1.09 bits per heavy atom. The van der Waals surface area contributed by atoms with Crippen LogP contribution in [0, 0.1) is 0 Å². The number of imidazole rings is 3. The van der Waals surface area contributed by atoms with Crippen LogP contribution in [0.15, 0.2) is 123 Å². The molecule has 0 saturated heterocycles. The zero-order valence-corrected chi connectivity index (χ0v) is 22.2. The molecule has 6 aromatic heterocycles. The molecule has 0 unspecified atom stereocenters. The highest BCUT2D eigenvalue weighted by molar-refractivity contribution is 5.88. The first-order chi connectivity index (χ1) is 21.2. The molecular formula is C33H18N6O4. The molecule has 4 aromatic carbocycles. The van der Waals surface area contributed by atoms with Gasteiger partial charge in [0.1, 0.15) is 6.26 Å². The summed E-state index contributed by atoms with van der Waals surface area (Å²) in [6.07, 6.45) is 7.05. The highest BCUT2D eigenvalue weighted by atomic mass is 16.7. The number of benzene rings is 4. The van der Waals surface area contributed by atoms with E-state index in [4.69, 9.17) is 18.0 Å². The highest BCUT2D eigenvalue weighted by Gasteiger charge is 2.17. The lowest BCUT2D eigenvalue weighted by molar-refractivity contribution is 0.293. The predicted molar refractivity (Wildman–Crippen MR) is 159 cm³/mol. The summed E-state index contributed by atoms with van der Waals surface area (Å²) in [6, 6.07) is 28.7. The van der Waals surface area contributed by atoms with Crippen molar-refractivity contribution in [1.29, 1.82) is 0 Å². The summed E-state index contributed by atoms with van der Waals surface area (Å²) in [6.45, 7) is 0. The van der Waals surface area contributed by atoms with Gasteiger partial charge in [-0.05, 0) is 64.7 Å². The number of fused-ring (bicyclic) bond motifs is 9. The largest absolute Gasteiger partial charge is 0.432 e. The first kappa shape index (κ1) is 22.4. The second-order valence-electron chi connectivity index (χ2n) is 10.4. The molecule has 0 fully saturated rings. The molecule has 10 rings (SSSR count). The Morgan fingerprint density at radius 3 is 1.81 bits per heavy atom. The van der Waals surface area contributed by atoms with Crippen molar-refractivity contribution in [3.63, 3.8) is 0 Å². The van der Waals surface area contributed by atoms with Gasteiger partial charge >= 0.3 is 29.4 Å². The average molecular weight is 563 g/mol. The number of para-hydroxylation sites is 2. The van der Waals surface area contributed by atoms with Gasteiger partial charge in [-0.2, -0.15) is 15.0 Å². The molecule has 0 N–H and O–H groups in total. The van der Waals surface area contributed by atoms with Gasteiger partial charge in [0.25, 0.3) is 0 Å². The van der Waals surface area contributed by atoms with E-state index in [1.54, 1.807) is 18.7 Å². The molecule has 0 saturated carbocycles. The van der Waals surface area contributed by atoms with E-state index >= 15 is 0 Å². The smallest absolute Gasteiger partial charge is 0.312 e. The Hall–Kier alpha value is -6.29. The van der Waals surface area contributed by atoms with E-state index in [1.807, 2.05) is 55.8 Å². The molecule has 0 aliphatic carbocycles. The van der Waals surface area contributed by atoms with E-state index < -0.39 is 0 Å². The zero-order chi connectivity index (χ0) is 28.1. The van der Waals surface area contributed by atoms with E-state index in [0.717, 1.165) is 55.4 Å². The van der Waals surface area contributed by atoms with Gasteiger partial charge in [0, 0.05) is 6.20 Å². The van der Waals surface area contributed by atoms with E-state index in [0.29, 0.717) is 17.5 Å². The van der Waals surface area contributed by atoms with Gasteiger partial charge in [-0.25, -0.2) is 0 Å². The molecule has 0 radical (unpaired) electrons. The summed E-state index contributed by atoms with van der Waals surface area (Å²) in [5.74, 6) is 2.00. The Bertz CT molecular complexity index is 2680. The molecule has 10 heteroatoms. The average Bonchev–Trinajstić information content (AvgIpc) is 3.86. The summed E-state index contributed by atoms with van der Waals surface area (Å²) in [7, 11) is 0. The van der Waals surface area contributed by atoms with Crippen LogP contribution in [0.4, 0.5) is 0 Å². The van der Waals surface area contributed by atoms with Gasteiger partial charge in [-0.1, -0.05) is 42.5 Å². The van der Waals surface area contributed by atoms with Gasteiger partial charge in [-0.15, -0.1) is 0 Å². The Labute approximate surface area is 240 Å². The topological polar surface area (TPSA) is 101 Å². The van der Waals surface area contributed by atoms with Crippen LogP contribution in [-0.4, -0.2) is 28.2 Å². The first-order valence-corrected chi connectivity index (χ1v) is 13.7. The standard InChI is InChI=1S/C33H18N6O4/c1-2-7-26-23(6-1)35-32-38(26)17-29(42-32)41-30-18-39-28-16-22(9-11-25(28)36-33(39)43-30)20-5-3-4-19(14-20)21-8-10-24-27(15-21)37-12-13-40-31(37)34-24/h1-18H. The first-order valence-electron chi connectivity index (χ1n) is 13.7. The van der Waals surface area contributed by atoms with Gasteiger partial charge in [0.05, 0.1) is 45.5 Å². The monoisotopic (exact) mass is 562 g/mol. The van der Waals surface area contributed by atoms with Crippen LogP contribution in [-0.2, 0) is 0 Å². The summed E-state index contributed by atoms with van der Waals surface area (Å²) < 4.78 is 28.8. The normalized spacial score (nSPS) is 12.2. The molecular weight excluding hydrogens is 544 g/mol. The molecule has 0 aliphatic heterocycles. The van der Waals surface area contributed by atoms with E-state index in [2.05, 4.69) is 63.5 Å². The molecule has 0 spiro atoms. The molecule has 10 aromatic rings. The summed E-state index contributed by atoms with van der Waals surface area (Å²) in [5, 5.41) is 0. The number of hydrogen-bond donors (Lipinski definition) is 0. The Balaban J connectivity index is 1.00. The van der Waals surface area contributed by atoms with Crippen molar-refractivity contribution in [2.24, 2.45) is 0 Å². The quantitative estimate of drug-likeness (QED) is 0.214. The molecule has 0 bridgehead atoms. The number of oxazole rings is 3. The van der Waals surface area contributed by atoms with Crippen molar-refractivity contribution >= 4 is 50.6 Å². The summed E-state index contributed by atoms with van der Waals surface area (Å²) in [5.41, 5.74) is 9.76. The zero-order valence-electron chi connectivity index (χ0n) is 22.2. The van der Waals surface area contributed by atoms with Gasteiger partial charge in [-0.3, -0.25) is 13.2 Å². The molecule has 0 atom stereocenters. The number of hydrogen-bond acceptors (Lipinski definition) is 7. The number of nitrogens with zero attached hydrogens (tertiary/aromatic N) is 6. The van der Waals surface area contributed by atoms with Crippen LogP contribution in [0.5, 0.6) is 11.9 Å². The SMILES string of the molecule is c1cc(-c2ccc3nc4occn4c3c2)cc(-c2ccc3nc4oc(Oc5cn6c(nc7ccccc76)o5)cn4c3c2)c1. The lowest BCUT2D eigenvalue weighted by atomic mass is 9.98. The summed E-state index contributed by atoms with van der Waals surface area (Å²) in [4.78, 5) is 13.7. The minimum absolute atomic E-state index is 0.264. The van der Waals surface area contributed by atoms with E-state index in [1.165, 1.54) is 0 Å². The molecule has 204 valence electrons. The minimum Gasteiger partial charge on any atom is -0.432 e. The second kappa shape index (κ2) is 8.14. The van der Waals surface area contributed by atoms with Gasteiger partial charge < -0.3 is 18.0 Å². The van der Waals surface area contributed by atoms with E-state index in [9.17, 15) is 0 Å². The van der Waals surface area contributed by atoms with Crippen molar-refractivity contribution < 1.29 is 18.0 Å². The third kappa shape index (κ3) is 3.31. The van der Waals surface area contributed by atoms with E-state index in [-0.39, 0.29) is 11.9 Å². The molecule has 6 heterocycles. The Kier molecular flexibility index (Phi) is 4.24. The van der Waals surface area contributed by atoms with Crippen LogP contribution in [0.25, 0.3) is 72.9 Å². The molecule has 0 amide bonds. The lowest BCUT2D eigenvalue weighted by Gasteiger charge is -2.07. The number of ether oxygens (including phenoxy) is 1. The molecule has 0 aliphatic rings. The van der Waals surface area contributed by atoms with Crippen molar-refractivity contribution in [2.75, 3.05) is 0 Å². The molecule has 10 nitrogen and oxygen atoms in total. The third-order valence-corrected chi connectivity index (χ3v) is 7.84. The highest BCUT2D eigenvalue weighted by Crippen LogP contribution is 2.33. The predicted octanol–water partition coefficient (Wildman–Crippen LogP) is 7.99. The van der Waals surface area contributed by atoms with Crippen LogP contribution in [0.1, 0.15) is 0 Å². The third-order valence-electron chi connectivity index (χ3n) is 7.84. The fourth-order valence-corrected chi connectivity index (χ4v) is 5.81. The maximum atomic E-state index is 5.92. The second-order valence-corrected chi connectivity index (χ2v) is 10.4. The number of aromatic nitrogens is 6. The van der Waals surface area contributed by atoms with Gasteiger partial charge in [0.15, 0.2) is 0 Å². The van der Waals surface area contributed by atoms with Gasteiger partial charge in [0.2, 0.25) is 0 Å². The maximum Gasteiger partial charge on any atom is 0.312 e. The van der Waals surface area contributed by atoms with Crippen molar-refractivity contribution in [1.82, 2.24) is 28.2 Å². The summed E-state index contributed by atoms with van der Waals surface area (Å²) >= 11 is 0. The van der Waals surface area contributed by atoms with Crippen LogP contribution >= 0.6 is 0 Å². The minimum atomic E-state index is 0.264. The van der Waals surface area contributed by atoms with Crippen LogP contribution in [0.2, 0.25) is 0 Å². The van der Waals surface area contributed by atoms with Crippen LogP contribution in [0.3, 0.4) is 0 Å². The fourth-order valence-electron chi connectivity index (χ4n) is 5.81. The van der Waals surface area contributed by atoms with Crippen molar-refractivity contribution in [3.8, 4) is 34.1 Å². The molecule has 43 heavy (non-hydrogen) atoms. The number of rotatable bonds is 4. The fraction of sp³-hybridized carbons (Fsp3) is 0. The van der Waals surface area contributed by atoms with Crippen LogP contribution < -0.4 is 4.74 Å². The Morgan fingerprint density at radius 1 is 0.512 bits per heavy atom. The maximum absolute atomic E-state index is 5.92. The van der Waals surface area contributed by atoms with Crippen molar-refractivity contribution in [3.05, 3.63) is 110 Å².